The Hall–Kier alpha value is -0.760. The summed E-state index contributed by atoms with van der Waals surface area (Å²) >= 11 is 0. The molecule has 3 unspecified atom stereocenters. The molecular formula is C12H19F3N2. The molecule has 3 atom stereocenters. The second kappa shape index (κ2) is 5.72. The molecule has 0 radical (unpaired) electrons. The topological polar surface area (TPSA) is 27.0 Å². The highest BCUT2D eigenvalue weighted by molar-refractivity contribution is 4.96. The average molecular weight is 248 g/mol. The zero-order chi connectivity index (χ0) is 13.1. The monoisotopic (exact) mass is 248 g/mol. The highest BCUT2D eigenvalue weighted by atomic mass is 19.4. The van der Waals surface area contributed by atoms with Crippen molar-refractivity contribution in [3.8, 4) is 6.07 Å². The number of nitriles is 1. The minimum absolute atomic E-state index is 0.0148. The van der Waals surface area contributed by atoms with Crippen LogP contribution in [0.15, 0.2) is 0 Å². The van der Waals surface area contributed by atoms with Crippen LogP contribution in [0.1, 0.15) is 32.6 Å². The summed E-state index contributed by atoms with van der Waals surface area (Å²) in [5, 5.41) is 9.03. The van der Waals surface area contributed by atoms with Crippen LogP contribution in [-0.2, 0) is 0 Å². The maximum Gasteiger partial charge on any atom is 0.390 e. The van der Waals surface area contributed by atoms with E-state index >= 15 is 0 Å². The van der Waals surface area contributed by atoms with Crippen molar-refractivity contribution in [2.75, 3.05) is 13.6 Å². The number of alkyl halides is 3. The van der Waals surface area contributed by atoms with Crippen molar-refractivity contribution < 1.29 is 13.2 Å². The molecule has 0 amide bonds. The lowest BCUT2D eigenvalue weighted by molar-refractivity contribution is -0.139. The predicted octanol–water partition coefficient (Wildman–Crippen LogP) is 3.20. The lowest BCUT2D eigenvalue weighted by atomic mass is 9.79. The number of halogens is 3. The molecule has 0 heterocycles. The van der Waals surface area contributed by atoms with Crippen molar-refractivity contribution in [1.82, 2.24) is 4.90 Å². The van der Waals surface area contributed by atoms with Gasteiger partial charge in [0.1, 0.15) is 0 Å². The number of hydrogen-bond donors (Lipinski definition) is 0. The first-order chi connectivity index (χ1) is 7.83. The Balaban J connectivity index is 2.53. The summed E-state index contributed by atoms with van der Waals surface area (Å²) in [6.45, 7) is 2.08. The van der Waals surface area contributed by atoms with E-state index in [0.29, 0.717) is 5.92 Å². The van der Waals surface area contributed by atoms with Crippen LogP contribution in [0.5, 0.6) is 0 Å². The second-order valence-corrected chi connectivity index (χ2v) is 5.07. The first kappa shape index (κ1) is 14.3. The van der Waals surface area contributed by atoms with Gasteiger partial charge in [0, 0.05) is 12.6 Å². The Morgan fingerprint density at radius 3 is 2.53 bits per heavy atom. The Bertz CT molecular complexity index is 282. The van der Waals surface area contributed by atoms with Crippen LogP contribution in [0.3, 0.4) is 0 Å². The third kappa shape index (κ3) is 4.55. The zero-order valence-electron chi connectivity index (χ0n) is 10.3. The van der Waals surface area contributed by atoms with Gasteiger partial charge in [0.05, 0.1) is 18.4 Å². The molecule has 0 spiro atoms. The highest BCUT2D eigenvalue weighted by Crippen LogP contribution is 2.32. The summed E-state index contributed by atoms with van der Waals surface area (Å²) in [6, 6.07) is 2.21. The summed E-state index contributed by atoms with van der Waals surface area (Å²) in [6.07, 6.45) is -2.28. The fraction of sp³-hybridized carbons (Fsp3) is 0.917. The SMILES string of the molecule is CC1CCC(C#N)C(N(C)CCC(F)(F)F)C1. The van der Waals surface area contributed by atoms with Crippen molar-refractivity contribution in [1.29, 1.82) is 5.26 Å². The van der Waals surface area contributed by atoms with E-state index in [0.717, 1.165) is 19.3 Å². The van der Waals surface area contributed by atoms with Gasteiger partial charge in [0.15, 0.2) is 0 Å². The molecule has 0 aliphatic heterocycles. The Kier molecular flexibility index (Phi) is 4.81. The number of hydrogen-bond acceptors (Lipinski definition) is 2. The fourth-order valence-corrected chi connectivity index (χ4v) is 2.46. The van der Waals surface area contributed by atoms with Crippen LogP contribution in [0.4, 0.5) is 13.2 Å². The molecule has 0 bridgehead atoms. The van der Waals surface area contributed by atoms with Crippen molar-refractivity contribution in [3.05, 3.63) is 0 Å². The Morgan fingerprint density at radius 1 is 1.35 bits per heavy atom. The van der Waals surface area contributed by atoms with Gasteiger partial charge in [-0.15, -0.1) is 0 Å². The van der Waals surface area contributed by atoms with Gasteiger partial charge >= 0.3 is 6.18 Å². The van der Waals surface area contributed by atoms with E-state index in [1.807, 2.05) is 0 Å². The Labute approximate surface area is 100 Å². The molecule has 1 fully saturated rings. The lowest BCUT2D eigenvalue weighted by Gasteiger charge is -2.37. The van der Waals surface area contributed by atoms with Gasteiger partial charge < -0.3 is 4.90 Å². The normalized spacial score (nSPS) is 30.3. The first-order valence-electron chi connectivity index (χ1n) is 6.00. The maximum absolute atomic E-state index is 12.1. The molecule has 1 aliphatic carbocycles. The molecule has 1 rings (SSSR count). The standard InChI is InChI=1S/C12H19F3N2/c1-9-3-4-10(8-16)11(7-9)17(2)6-5-12(13,14)15/h9-11H,3-7H2,1-2H3. The van der Waals surface area contributed by atoms with E-state index < -0.39 is 12.6 Å². The minimum Gasteiger partial charge on any atom is -0.302 e. The van der Waals surface area contributed by atoms with E-state index in [9.17, 15) is 13.2 Å². The largest absolute Gasteiger partial charge is 0.390 e. The van der Waals surface area contributed by atoms with Gasteiger partial charge in [0.25, 0.3) is 0 Å². The van der Waals surface area contributed by atoms with E-state index in [2.05, 4.69) is 13.0 Å². The van der Waals surface area contributed by atoms with E-state index in [1.54, 1.807) is 11.9 Å². The molecular weight excluding hydrogens is 229 g/mol. The third-order valence-electron chi connectivity index (χ3n) is 3.56. The molecule has 0 saturated heterocycles. The minimum atomic E-state index is -4.11. The van der Waals surface area contributed by atoms with Gasteiger partial charge in [-0.2, -0.15) is 18.4 Å². The van der Waals surface area contributed by atoms with Crippen molar-refractivity contribution in [3.63, 3.8) is 0 Å². The van der Waals surface area contributed by atoms with Crippen molar-refractivity contribution >= 4 is 0 Å². The van der Waals surface area contributed by atoms with E-state index in [-0.39, 0.29) is 18.5 Å². The average Bonchev–Trinajstić information content (AvgIpc) is 2.25. The third-order valence-corrected chi connectivity index (χ3v) is 3.56. The first-order valence-corrected chi connectivity index (χ1v) is 6.00. The fourth-order valence-electron chi connectivity index (χ4n) is 2.46. The molecule has 2 nitrogen and oxygen atoms in total. The van der Waals surface area contributed by atoms with Crippen LogP contribution in [-0.4, -0.2) is 30.7 Å². The molecule has 0 aromatic rings. The molecule has 0 N–H and O–H groups in total. The van der Waals surface area contributed by atoms with Gasteiger partial charge in [0.2, 0.25) is 0 Å². The molecule has 98 valence electrons. The van der Waals surface area contributed by atoms with E-state index in [4.69, 9.17) is 5.26 Å². The van der Waals surface area contributed by atoms with Gasteiger partial charge in [-0.25, -0.2) is 0 Å². The van der Waals surface area contributed by atoms with Gasteiger partial charge in [-0.1, -0.05) is 6.92 Å². The van der Waals surface area contributed by atoms with Crippen LogP contribution in [0.25, 0.3) is 0 Å². The summed E-state index contributed by atoms with van der Waals surface area (Å²) in [4.78, 5) is 1.71. The molecule has 5 heteroatoms. The van der Waals surface area contributed by atoms with Gasteiger partial charge in [-0.05, 0) is 32.2 Å². The number of rotatable bonds is 3. The van der Waals surface area contributed by atoms with Crippen molar-refractivity contribution in [2.45, 2.75) is 44.8 Å². The lowest BCUT2D eigenvalue weighted by Crippen LogP contribution is -2.42. The summed E-state index contributed by atoms with van der Waals surface area (Å²) in [5.74, 6) is 0.377. The smallest absolute Gasteiger partial charge is 0.302 e. The second-order valence-electron chi connectivity index (χ2n) is 5.07. The summed E-state index contributed by atoms with van der Waals surface area (Å²) in [7, 11) is 1.69. The molecule has 0 aromatic carbocycles. The zero-order valence-corrected chi connectivity index (χ0v) is 10.3. The van der Waals surface area contributed by atoms with Gasteiger partial charge in [-0.3, -0.25) is 0 Å². The van der Waals surface area contributed by atoms with Crippen LogP contribution in [0, 0.1) is 23.2 Å². The summed E-state index contributed by atoms with van der Waals surface area (Å²) in [5.41, 5.74) is 0. The van der Waals surface area contributed by atoms with Crippen LogP contribution < -0.4 is 0 Å². The number of nitrogens with zero attached hydrogens (tertiary/aromatic N) is 2. The van der Waals surface area contributed by atoms with Crippen LogP contribution in [0.2, 0.25) is 0 Å². The maximum atomic E-state index is 12.1. The van der Waals surface area contributed by atoms with Crippen molar-refractivity contribution in [2.24, 2.45) is 11.8 Å². The van der Waals surface area contributed by atoms with Crippen LogP contribution >= 0.6 is 0 Å². The highest BCUT2D eigenvalue weighted by Gasteiger charge is 2.34. The Morgan fingerprint density at radius 2 is 2.00 bits per heavy atom. The molecule has 17 heavy (non-hydrogen) atoms. The molecule has 1 saturated carbocycles. The van der Waals surface area contributed by atoms with E-state index in [1.165, 1.54) is 0 Å². The molecule has 0 aromatic heterocycles. The summed E-state index contributed by atoms with van der Waals surface area (Å²) < 4.78 is 36.4. The quantitative estimate of drug-likeness (QED) is 0.767. The molecule has 1 aliphatic rings. The predicted molar refractivity (Wildman–Crippen MR) is 59.2 cm³/mol.